The van der Waals surface area contributed by atoms with Gasteiger partial charge in [0.25, 0.3) is 0 Å². The fourth-order valence-corrected chi connectivity index (χ4v) is 2.68. The molecule has 126 valence electrons. The van der Waals surface area contributed by atoms with E-state index in [1.165, 1.54) is 23.9 Å². The van der Waals surface area contributed by atoms with Crippen LogP contribution in [0.15, 0.2) is 52.3 Å². The Bertz CT molecular complexity index is 734. The number of nitro groups is 1. The second kappa shape index (κ2) is 8.21. The molecule has 0 radical (unpaired) electrons. The maximum absolute atomic E-state index is 11.4. The minimum Gasteiger partial charge on any atom is -0.475 e. The van der Waals surface area contributed by atoms with Crippen LogP contribution in [0.25, 0.3) is 0 Å². The van der Waals surface area contributed by atoms with Crippen LogP contribution < -0.4 is 10.5 Å². The van der Waals surface area contributed by atoms with E-state index >= 15 is 0 Å². The Morgan fingerprint density at radius 3 is 2.50 bits per heavy atom. The highest BCUT2D eigenvalue weighted by Gasteiger charge is 2.17. The van der Waals surface area contributed by atoms with Crippen LogP contribution in [0.1, 0.15) is 6.92 Å². The number of nitrogens with two attached hydrogens (primary N) is 1. The lowest BCUT2D eigenvalue weighted by Gasteiger charge is -2.08. The molecule has 2 rings (SSSR count). The predicted octanol–water partition coefficient (Wildman–Crippen LogP) is 3.27. The molecule has 0 bridgehead atoms. The Morgan fingerprint density at radius 1 is 1.21 bits per heavy atom. The number of anilines is 1. The van der Waals surface area contributed by atoms with E-state index in [-0.39, 0.29) is 24.7 Å². The van der Waals surface area contributed by atoms with Crippen molar-refractivity contribution >= 4 is 29.1 Å². The van der Waals surface area contributed by atoms with Crippen molar-refractivity contribution in [1.82, 2.24) is 0 Å². The van der Waals surface area contributed by atoms with Crippen LogP contribution >= 0.6 is 11.8 Å². The van der Waals surface area contributed by atoms with Gasteiger partial charge in [-0.1, -0.05) is 11.8 Å². The Morgan fingerprint density at radius 2 is 1.88 bits per heavy atom. The van der Waals surface area contributed by atoms with Crippen molar-refractivity contribution in [3.63, 3.8) is 0 Å². The van der Waals surface area contributed by atoms with E-state index in [1.54, 1.807) is 25.1 Å². The van der Waals surface area contributed by atoms with E-state index in [2.05, 4.69) is 0 Å². The van der Waals surface area contributed by atoms with Gasteiger partial charge in [0, 0.05) is 27.6 Å². The highest BCUT2D eigenvalue weighted by Crippen LogP contribution is 2.35. The lowest BCUT2D eigenvalue weighted by Crippen LogP contribution is -2.15. The number of hydrogen-bond donors (Lipinski definition) is 1. The summed E-state index contributed by atoms with van der Waals surface area (Å²) in [6, 6.07) is 11.7. The van der Waals surface area contributed by atoms with Crippen LogP contribution in [0.2, 0.25) is 0 Å². The van der Waals surface area contributed by atoms with Gasteiger partial charge in [-0.2, -0.15) is 0 Å². The van der Waals surface area contributed by atoms with Crippen molar-refractivity contribution in [2.45, 2.75) is 16.7 Å². The first-order chi connectivity index (χ1) is 11.5. The minimum absolute atomic E-state index is 0.0218. The molecule has 0 heterocycles. The number of esters is 1. The molecule has 7 nitrogen and oxygen atoms in total. The van der Waals surface area contributed by atoms with Crippen LogP contribution in [0, 0.1) is 10.1 Å². The van der Waals surface area contributed by atoms with Crippen LogP contribution in [0.4, 0.5) is 11.4 Å². The summed E-state index contributed by atoms with van der Waals surface area (Å²) < 4.78 is 10.0. The largest absolute Gasteiger partial charge is 0.475 e. The Hall–Kier alpha value is -2.74. The number of nitrogens with zero attached hydrogens (tertiary/aromatic N) is 1. The normalized spacial score (nSPS) is 10.2. The van der Waals surface area contributed by atoms with Crippen LogP contribution in [0.5, 0.6) is 5.75 Å². The van der Waals surface area contributed by atoms with Crippen molar-refractivity contribution < 1.29 is 19.2 Å². The smallest absolute Gasteiger partial charge is 0.344 e. The zero-order valence-electron chi connectivity index (χ0n) is 12.9. The maximum atomic E-state index is 11.4. The number of benzene rings is 2. The zero-order valence-corrected chi connectivity index (χ0v) is 13.7. The van der Waals surface area contributed by atoms with Gasteiger partial charge >= 0.3 is 11.7 Å². The minimum atomic E-state index is -0.580. The Balaban J connectivity index is 2.18. The third-order valence-corrected chi connectivity index (χ3v) is 3.89. The van der Waals surface area contributed by atoms with Gasteiger partial charge in [0.2, 0.25) is 0 Å². The molecular formula is C16H16N2O5S. The first kappa shape index (κ1) is 17.6. The second-order valence-electron chi connectivity index (χ2n) is 4.65. The first-order valence-corrected chi connectivity index (χ1v) is 7.91. The summed E-state index contributed by atoms with van der Waals surface area (Å²) in [5.74, 6) is -0.558. The lowest BCUT2D eigenvalue weighted by molar-refractivity contribution is -0.385. The van der Waals surface area contributed by atoms with Crippen molar-refractivity contribution in [1.29, 1.82) is 0 Å². The van der Waals surface area contributed by atoms with E-state index in [0.29, 0.717) is 5.69 Å². The molecule has 0 aliphatic carbocycles. The number of nitro benzene ring substituents is 1. The molecule has 2 aromatic rings. The van der Waals surface area contributed by atoms with Gasteiger partial charge in [-0.3, -0.25) is 10.1 Å². The fourth-order valence-electron chi connectivity index (χ4n) is 1.84. The summed E-state index contributed by atoms with van der Waals surface area (Å²) in [5.41, 5.74) is 6.09. The number of carbonyl (C=O) groups is 1. The van der Waals surface area contributed by atoms with E-state index < -0.39 is 10.9 Å². The van der Waals surface area contributed by atoms with Gasteiger partial charge in [-0.05, 0) is 37.3 Å². The molecule has 0 saturated heterocycles. The number of hydrogen-bond acceptors (Lipinski definition) is 7. The highest BCUT2D eigenvalue weighted by molar-refractivity contribution is 7.99. The van der Waals surface area contributed by atoms with Crippen molar-refractivity contribution in [2.24, 2.45) is 0 Å². The van der Waals surface area contributed by atoms with Crippen molar-refractivity contribution in [3.8, 4) is 5.75 Å². The lowest BCUT2D eigenvalue weighted by atomic mass is 10.3. The topological polar surface area (TPSA) is 105 Å². The van der Waals surface area contributed by atoms with Gasteiger partial charge in [-0.25, -0.2) is 4.79 Å². The third kappa shape index (κ3) is 4.88. The molecule has 0 atom stereocenters. The highest BCUT2D eigenvalue weighted by atomic mass is 32.2. The molecule has 0 amide bonds. The third-order valence-electron chi connectivity index (χ3n) is 2.89. The molecule has 0 unspecified atom stereocenters. The van der Waals surface area contributed by atoms with Crippen molar-refractivity contribution in [2.75, 3.05) is 18.9 Å². The molecule has 0 fully saturated rings. The van der Waals surface area contributed by atoms with Gasteiger partial charge in [0.15, 0.2) is 12.4 Å². The standard InChI is InChI=1S/C16H16N2O5S/c1-2-22-16(19)10-23-15-9-13(7-8-14(15)18(20)21)24-12-5-3-11(17)4-6-12/h3-9H,2,10,17H2,1H3. The fraction of sp³-hybridized carbons (Fsp3) is 0.188. The number of carbonyl (C=O) groups excluding carboxylic acids is 1. The zero-order chi connectivity index (χ0) is 17.5. The average Bonchev–Trinajstić information content (AvgIpc) is 2.55. The SMILES string of the molecule is CCOC(=O)COc1cc(Sc2ccc(N)cc2)ccc1[N+](=O)[O-]. The molecule has 0 aliphatic rings. The van der Waals surface area contributed by atoms with Gasteiger partial charge in [0.05, 0.1) is 11.5 Å². The van der Waals surface area contributed by atoms with Crippen LogP contribution in [-0.4, -0.2) is 24.1 Å². The summed E-state index contributed by atoms with van der Waals surface area (Å²) in [6.45, 7) is 1.51. The average molecular weight is 348 g/mol. The summed E-state index contributed by atoms with van der Waals surface area (Å²) in [4.78, 5) is 23.6. The van der Waals surface area contributed by atoms with Crippen molar-refractivity contribution in [3.05, 3.63) is 52.6 Å². The maximum Gasteiger partial charge on any atom is 0.344 e. The summed E-state index contributed by atoms with van der Waals surface area (Å²) in [6.07, 6.45) is 0. The monoisotopic (exact) mass is 348 g/mol. The van der Waals surface area contributed by atoms with Gasteiger partial charge < -0.3 is 15.2 Å². The molecule has 0 aliphatic heterocycles. The molecule has 8 heteroatoms. The van der Waals surface area contributed by atoms with Crippen LogP contribution in [-0.2, 0) is 9.53 Å². The van der Waals surface area contributed by atoms with E-state index in [1.807, 2.05) is 12.1 Å². The summed E-state index contributed by atoms with van der Waals surface area (Å²) >= 11 is 1.40. The Labute approximate surface area is 142 Å². The molecular weight excluding hydrogens is 332 g/mol. The molecule has 0 spiro atoms. The number of ether oxygens (including phenoxy) is 2. The Kier molecular flexibility index (Phi) is 6.02. The quantitative estimate of drug-likeness (QED) is 0.354. The molecule has 2 aromatic carbocycles. The molecule has 0 saturated carbocycles. The van der Waals surface area contributed by atoms with E-state index in [0.717, 1.165) is 9.79 Å². The molecule has 24 heavy (non-hydrogen) atoms. The predicted molar refractivity (Wildman–Crippen MR) is 90.2 cm³/mol. The number of rotatable bonds is 7. The second-order valence-corrected chi connectivity index (χ2v) is 5.80. The van der Waals surface area contributed by atoms with Crippen LogP contribution in [0.3, 0.4) is 0 Å². The first-order valence-electron chi connectivity index (χ1n) is 7.10. The van der Waals surface area contributed by atoms with Gasteiger partial charge in [-0.15, -0.1) is 0 Å². The van der Waals surface area contributed by atoms with Gasteiger partial charge in [0.1, 0.15) is 0 Å². The van der Waals surface area contributed by atoms with E-state index in [9.17, 15) is 14.9 Å². The van der Waals surface area contributed by atoms with E-state index in [4.69, 9.17) is 15.2 Å². The summed E-state index contributed by atoms with van der Waals surface area (Å²) in [5, 5.41) is 11.1. The number of nitrogen functional groups attached to an aromatic ring is 1. The molecule has 2 N–H and O–H groups in total. The molecule has 0 aromatic heterocycles. The summed E-state index contributed by atoms with van der Waals surface area (Å²) in [7, 11) is 0.